The number of halogens is 1. The van der Waals surface area contributed by atoms with Gasteiger partial charge < -0.3 is 9.47 Å². The second-order valence-corrected chi connectivity index (χ2v) is 7.91. The lowest BCUT2D eigenvalue weighted by Gasteiger charge is -2.21. The molecule has 0 aromatic heterocycles. The van der Waals surface area contributed by atoms with Crippen LogP contribution in [0.2, 0.25) is 0 Å². The third kappa shape index (κ3) is 3.23. The lowest BCUT2D eigenvalue weighted by Crippen LogP contribution is -2.04. The average Bonchev–Trinajstić information content (AvgIpc) is 2.69. The molecule has 4 rings (SSSR count). The van der Waals surface area contributed by atoms with Crippen molar-refractivity contribution in [1.29, 1.82) is 0 Å². The molecule has 140 valence electrons. The number of unbranched alkanes of at least 4 members (excludes halogenated alkanes) is 2. The summed E-state index contributed by atoms with van der Waals surface area (Å²) in [5.41, 5.74) is 0. The van der Waals surface area contributed by atoms with Crippen molar-refractivity contribution in [3.8, 4) is 11.5 Å². The van der Waals surface area contributed by atoms with Crippen molar-refractivity contribution < 1.29 is 9.47 Å². The summed E-state index contributed by atoms with van der Waals surface area (Å²) in [5, 5.41) is 7.26. The molecule has 0 N–H and O–H groups in total. The molecule has 0 atom stereocenters. The molecule has 0 radical (unpaired) electrons. The Kier molecular flexibility index (Phi) is 5.40. The van der Waals surface area contributed by atoms with Gasteiger partial charge >= 0.3 is 0 Å². The van der Waals surface area contributed by atoms with Gasteiger partial charge in [-0.2, -0.15) is 0 Å². The van der Waals surface area contributed by atoms with Crippen LogP contribution >= 0.6 is 15.9 Å². The first-order valence-electron chi connectivity index (χ1n) is 9.90. The lowest BCUT2D eigenvalue weighted by atomic mass is 9.93. The van der Waals surface area contributed by atoms with E-state index in [1.54, 1.807) is 0 Å². The van der Waals surface area contributed by atoms with Crippen molar-refractivity contribution in [2.24, 2.45) is 0 Å². The monoisotopic (exact) mass is 424 g/mol. The molecule has 4 aromatic carbocycles. The van der Waals surface area contributed by atoms with Gasteiger partial charge in [-0.25, -0.2) is 0 Å². The molecule has 0 bridgehead atoms. The average molecular weight is 425 g/mol. The zero-order chi connectivity index (χ0) is 18.8. The molecule has 0 unspecified atom stereocenters. The van der Waals surface area contributed by atoms with E-state index in [4.69, 9.17) is 9.47 Å². The quantitative estimate of drug-likeness (QED) is 0.213. The van der Waals surface area contributed by atoms with Crippen molar-refractivity contribution >= 4 is 48.2 Å². The minimum absolute atomic E-state index is 0.702. The van der Waals surface area contributed by atoms with Gasteiger partial charge in [0.25, 0.3) is 0 Å². The molecule has 0 fully saturated rings. The summed E-state index contributed by atoms with van der Waals surface area (Å²) in [4.78, 5) is 0. The fourth-order valence-corrected chi connectivity index (χ4v) is 4.24. The van der Waals surface area contributed by atoms with E-state index in [-0.39, 0.29) is 0 Å². The molecule has 4 aromatic rings. The van der Waals surface area contributed by atoms with Gasteiger partial charge in [0.2, 0.25) is 0 Å². The summed E-state index contributed by atoms with van der Waals surface area (Å²) < 4.78 is 13.7. The highest BCUT2D eigenvalue weighted by Crippen LogP contribution is 2.49. The Hall–Kier alpha value is -2.00. The molecule has 2 nitrogen and oxygen atoms in total. The number of ether oxygens (including phenoxy) is 2. The topological polar surface area (TPSA) is 18.5 Å². The van der Waals surface area contributed by atoms with Crippen LogP contribution in [-0.2, 0) is 0 Å². The maximum absolute atomic E-state index is 6.35. The van der Waals surface area contributed by atoms with Crippen LogP contribution in [0.1, 0.15) is 39.5 Å². The van der Waals surface area contributed by atoms with Crippen LogP contribution in [0.3, 0.4) is 0 Å². The van der Waals surface area contributed by atoms with Gasteiger partial charge in [-0.05, 0) is 29.7 Å². The molecule has 0 aliphatic heterocycles. The minimum Gasteiger partial charge on any atom is -0.489 e. The van der Waals surface area contributed by atoms with Gasteiger partial charge in [0.05, 0.1) is 13.2 Å². The Balaban J connectivity index is 2.05. The van der Waals surface area contributed by atoms with Crippen LogP contribution in [0.25, 0.3) is 32.3 Å². The van der Waals surface area contributed by atoms with Crippen LogP contribution in [0.15, 0.2) is 46.9 Å². The molecule has 27 heavy (non-hydrogen) atoms. The fourth-order valence-electron chi connectivity index (χ4n) is 3.73. The van der Waals surface area contributed by atoms with Gasteiger partial charge in [-0.3, -0.25) is 0 Å². The molecular weight excluding hydrogens is 400 g/mol. The maximum atomic E-state index is 6.35. The van der Waals surface area contributed by atoms with Crippen molar-refractivity contribution in [2.45, 2.75) is 39.5 Å². The smallest absolute Gasteiger partial charge is 0.170 e. The van der Waals surface area contributed by atoms with Gasteiger partial charge in [-0.15, -0.1) is 0 Å². The normalized spacial score (nSPS) is 11.7. The largest absolute Gasteiger partial charge is 0.489 e. The van der Waals surface area contributed by atoms with Crippen molar-refractivity contribution in [2.75, 3.05) is 13.2 Å². The predicted octanol–water partition coefficient (Wildman–Crippen LogP) is 7.70. The highest BCUT2D eigenvalue weighted by Gasteiger charge is 2.21. The van der Waals surface area contributed by atoms with Crippen LogP contribution < -0.4 is 9.47 Å². The zero-order valence-corrected chi connectivity index (χ0v) is 17.6. The molecule has 3 heteroatoms. The number of hydrogen-bond acceptors (Lipinski definition) is 2. The van der Waals surface area contributed by atoms with Gasteiger partial charge in [0.1, 0.15) is 0 Å². The molecule has 0 saturated carbocycles. The van der Waals surface area contributed by atoms with Gasteiger partial charge in [0, 0.05) is 26.0 Å². The maximum Gasteiger partial charge on any atom is 0.170 e. The van der Waals surface area contributed by atoms with Gasteiger partial charge in [-0.1, -0.05) is 79.0 Å². The van der Waals surface area contributed by atoms with Crippen LogP contribution in [0.4, 0.5) is 0 Å². The highest BCUT2D eigenvalue weighted by molar-refractivity contribution is 9.10. The Bertz CT molecular complexity index is 1070. The fraction of sp³-hybridized carbons (Fsp3) is 0.333. The lowest BCUT2D eigenvalue weighted by molar-refractivity contribution is 0.267. The highest BCUT2D eigenvalue weighted by atomic mass is 79.9. The molecule has 0 heterocycles. The zero-order valence-electron chi connectivity index (χ0n) is 16.0. The summed E-state index contributed by atoms with van der Waals surface area (Å²) in [6.07, 6.45) is 4.29. The number of rotatable bonds is 8. The second-order valence-electron chi connectivity index (χ2n) is 7.05. The molecule has 0 aliphatic rings. The van der Waals surface area contributed by atoms with Crippen LogP contribution in [-0.4, -0.2) is 13.2 Å². The molecule has 0 saturated heterocycles. The van der Waals surface area contributed by atoms with E-state index in [1.165, 1.54) is 21.5 Å². The van der Waals surface area contributed by atoms with Crippen molar-refractivity contribution in [3.05, 3.63) is 46.9 Å². The summed E-state index contributed by atoms with van der Waals surface area (Å²) >= 11 is 3.78. The van der Waals surface area contributed by atoms with E-state index >= 15 is 0 Å². The van der Waals surface area contributed by atoms with E-state index in [0.717, 1.165) is 52.4 Å². The first-order chi connectivity index (χ1) is 13.3. The third-order valence-corrected chi connectivity index (χ3v) is 5.80. The van der Waals surface area contributed by atoms with Gasteiger partial charge in [0.15, 0.2) is 11.5 Å². The van der Waals surface area contributed by atoms with Crippen LogP contribution in [0.5, 0.6) is 11.5 Å². The minimum atomic E-state index is 0.702. The summed E-state index contributed by atoms with van der Waals surface area (Å²) in [6.45, 7) is 5.78. The standard InChI is InChI=1S/C24H25BrO2/c1-3-5-14-26-23-18-9-7-8-16-10-11-17-12-13-19(25)22(21(17)20(16)18)24(23)27-15-6-4-2/h7-13H,3-6,14-15H2,1-2H3. The Morgan fingerprint density at radius 2 is 1.33 bits per heavy atom. The second kappa shape index (κ2) is 7.93. The molecule has 0 spiro atoms. The van der Waals surface area contributed by atoms with E-state index in [9.17, 15) is 0 Å². The van der Waals surface area contributed by atoms with E-state index in [1.807, 2.05) is 0 Å². The van der Waals surface area contributed by atoms with E-state index in [0.29, 0.717) is 13.2 Å². The number of hydrogen-bond donors (Lipinski definition) is 0. The summed E-state index contributed by atoms with van der Waals surface area (Å²) in [7, 11) is 0. The predicted molar refractivity (Wildman–Crippen MR) is 119 cm³/mol. The third-order valence-electron chi connectivity index (χ3n) is 5.14. The Morgan fingerprint density at radius 3 is 2.04 bits per heavy atom. The molecular formula is C24H25BrO2. The first kappa shape index (κ1) is 18.4. The number of benzene rings is 4. The van der Waals surface area contributed by atoms with Crippen molar-refractivity contribution in [1.82, 2.24) is 0 Å². The van der Waals surface area contributed by atoms with Crippen molar-refractivity contribution in [3.63, 3.8) is 0 Å². The molecule has 0 amide bonds. The SMILES string of the molecule is CCCCOc1c(OCCCC)c2c(Br)ccc3ccc4cccc1c4c32. The Morgan fingerprint density at radius 1 is 0.704 bits per heavy atom. The summed E-state index contributed by atoms with van der Waals surface area (Å²) in [5.74, 6) is 1.76. The van der Waals surface area contributed by atoms with E-state index in [2.05, 4.69) is 72.2 Å². The first-order valence-corrected chi connectivity index (χ1v) is 10.7. The molecule has 0 aliphatic carbocycles. The Labute approximate surface area is 168 Å². The van der Waals surface area contributed by atoms with Crippen LogP contribution in [0, 0.1) is 0 Å². The summed E-state index contributed by atoms with van der Waals surface area (Å²) in [6, 6.07) is 15.1. The van der Waals surface area contributed by atoms with E-state index < -0.39 is 0 Å².